The number of methoxy groups -OCH3 is 1. The van der Waals surface area contributed by atoms with Crippen molar-refractivity contribution in [1.82, 2.24) is 4.90 Å². The van der Waals surface area contributed by atoms with Gasteiger partial charge in [0.15, 0.2) is 5.78 Å². The number of nitrogens with zero attached hydrogens (tertiary/aromatic N) is 1. The van der Waals surface area contributed by atoms with Crippen LogP contribution in [0.25, 0.3) is 0 Å². The van der Waals surface area contributed by atoms with Crippen LogP contribution in [0.15, 0.2) is 11.6 Å². The molecule has 6 heteroatoms. The zero-order chi connectivity index (χ0) is 11.9. The van der Waals surface area contributed by atoms with Crippen LogP contribution in [0.5, 0.6) is 0 Å². The maximum Gasteiger partial charge on any atom is 0.408 e. The van der Waals surface area contributed by atoms with Crippen LogP contribution in [0.1, 0.15) is 6.42 Å². The Morgan fingerprint density at radius 2 is 2.25 bits per heavy atom. The molecular formula is C10H11NO5. The fraction of sp³-hybridized carbons (Fsp3) is 0.500. The van der Waals surface area contributed by atoms with Gasteiger partial charge in [0.05, 0.1) is 7.11 Å². The molecule has 86 valence electrons. The second-order valence-electron chi connectivity index (χ2n) is 3.87. The molecule has 1 amide bonds. The second-order valence-corrected chi connectivity index (χ2v) is 3.87. The van der Waals surface area contributed by atoms with Gasteiger partial charge in [0.25, 0.3) is 0 Å². The first-order valence-electron chi connectivity index (χ1n) is 4.85. The molecule has 0 aromatic carbocycles. The number of amides is 1. The minimum atomic E-state index is -1.17. The quantitative estimate of drug-likeness (QED) is 0.637. The molecule has 1 fully saturated rings. The number of fused-ring (bicyclic) bond motifs is 1. The highest BCUT2D eigenvalue weighted by atomic mass is 16.5. The van der Waals surface area contributed by atoms with Gasteiger partial charge in [0, 0.05) is 18.9 Å². The third-order valence-electron chi connectivity index (χ3n) is 3.00. The van der Waals surface area contributed by atoms with Gasteiger partial charge < -0.3 is 9.84 Å². The predicted molar refractivity (Wildman–Crippen MR) is 51.7 cm³/mol. The molecule has 0 spiro atoms. The first kappa shape index (κ1) is 10.7. The highest BCUT2D eigenvalue weighted by Crippen LogP contribution is 2.37. The monoisotopic (exact) mass is 225 g/mol. The lowest BCUT2D eigenvalue weighted by atomic mass is 9.97. The largest absolute Gasteiger partial charge is 0.467 e. The number of hydrogen-bond acceptors (Lipinski definition) is 4. The van der Waals surface area contributed by atoms with E-state index < -0.39 is 18.1 Å². The fourth-order valence-electron chi connectivity index (χ4n) is 2.31. The van der Waals surface area contributed by atoms with E-state index in [1.807, 2.05) is 0 Å². The molecule has 1 N–H and O–H groups in total. The van der Waals surface area contributed by atoms with E-state index in [0.29, 0.717) is 5.57 Å². The SMILES string of the molecule is COC(=O)C1C2CC(=O)C=C2CN1C(=O)O. The molecule has 1 saturated heterocycles. The van der Waals surface area contributed by atoms with Crippen molar-refractivity contribution in [3.8, 4) is 0 Å². The lowest BCUT2D eigenvalue weighted by molar-refractivity contribution is -0.146. The molecule has 0 aromatic heterocycles. The topological polar surface area (TPSA) is 83.9 Å². The first-order valence-corrected chi connectivity index (χ1v) is 4.85. The Hall–Kier alpha value is -1.85. The Morgan fingerprint density at radius 3 is 2.81 bits per heavy atom. The van der Waals surface area contributed by atoms with Crippen LogP contribution in [0.3, 0.4) is 0 Å². The maximum atomic E-state index is 11.5. The summed E-state index contributed by atoms with van der Waals surface area (Å²) >= 11 is 0. The van der Waals surface area contributed by atoms with Gasteiger partial charge >= 0.3 is 12.1 Å². The maximum absolute atomic E-state index is 11.5. The third-order valence-corrected chi connectivity index (χ3v) is 3.00. The predicted octanol–water partition coefficient (Wildman–Crippen LogP) is 0.0370. The number of hydrogen-bond donors (Lipinski definition) is 1. The van der Waals surface area contributed by atoms with E-state index in [1.54, 1.807) is 0 Å². The highest BCUT2D eigenvalue weighted by molar-refractivity contribution is 5.96. The summed E-state index contributed by atoms with van der Waals surface area (Å²) in [6, 6.07) is -0.875. The Balaban J connectivity index is 2.31. The van der Waals surface area contributed by atoms with Crippen molar-refractivity contribution >= 4 is 17.8 Å². The number of rotatable bonds is 1. The van der Waals surface area contributed by atoms with Gasteiger partial charge in [-0.1, -0.05) is 0 Å². The minimum Gasteiger partial charge on any atom is -0.467 e. The molecule has 2 unspecified atom stereocenters. The van der Waals surface area contributed by atoms with Crippen LogP contribution in [-0.2, 0) is 14.3 Å². The molecule has 1 aliphatic heterocycles. The van der Waals surface area contributed by atoms with Crippen molar-refractivity contribution in [1.29, 1.82) is 0 Å². The fourth-order valence-corrected chi connectivity index (χ4v) is 2.31. The zero-order valence-corrected chi connectivity index (χ0v) is 8.67. The summed E-state index contributed by atoms with van der Waals surface area (Å²) < 4.78 is 4.58. The third kappa shape index (κ3) is 1.46. The number of allylic oxidation sites excluding steroid dienone is 1. The lowest BCUT2D eigenvalue weighted by Crippen LogP contribution is -2.43. The Kier molecular flexibility index (Phi) is 2.41. The molecule has 2 aliphatic rings. The highest BCUT2D eigenvalue weighted by Gasteiger charge is 2.48. The van der Waals surface area contributed by atoms with Gasteiger partial charge in [-0.3, -0.25) is 9.69 Å². The number of ketones is 1. The lowest BCUT2D eigenvalue weighted by Gasteiger charge is -2.21. The summed E-state index contributed by atoms with van der Waals surface area (Å²) in [7, 11) is 1.21. The number of likely N-dealkylation sites (tertiary alicyclic amines) is 1. The number of carboxylic acid groups (broad SMARTS) is 1. The van der Waals surface area contributed by atoms with Crippen LogP contribution in [0.4, 0.5) is 4.79 Å². The van der Waals surface area contributed by atoms with Crippen LogP contribution < -0.4 is 0 Å². The standard InChI is InChI=1S/C10H11NO5/c1-16-9(13)8-7-3-6(12)2-5(7)4-11(8)10(14)15/h2,7-8H,3-4H2,1H3,(H,14,15). The van der Waals surface area contributed by atoms with Crippen molar-refractivity contribution in [3.05, 3.63) is 11.6 Å². The second kappa shape index (κ2) is 3.62. The summed E-state index contributed by atoms with van der Waals surface area (Å²) in [5.41, 5.74) is 0.711. The first-order chi connectivity index (χ1) is 7.54. The van der Waals surface area contributed by atoms with Gasteiger partial charge in [-0.15, -0.1) is 0 Å². The van der Waals surface area contributed by atoms with Crippen molar-refractivity contribution < 1.29 is 24.2 Å². The molecule has 2 rings (SSSR count). The van der Waals surface area contributed by atoms with Crippen molar-refractivity contribution in [2.45, 2.75) is 12.5 Å². The molecule has 2 atom stereocenters. The van der Waals surface area contributed by atoms with Crippen molar-refractivity contribution in [2.24, 2.45) is 5.92 Å². The number of esters is 1. The van der Waals surface area contributed by atoms with Crippen LogP contribution in [0, 0.1) is 5.92 Å². The smallest absolute Gasteiger partial charge is 0.408 e. The van der Waals surface area contributed by atoms with Gasteiger partial charge in [-0.2, -0.15) is 0 Å². The summed E-state index contributed by atoms with van der Waals surface area (Å²) in [6.45, 7) is 0.117. The molecule has 0 radical (unpaired) electrons. The van der Waals surface area contributed by atoms with Gasteiger partial charge in [0.2, 0.25) is 0 Å². The van der Waals surface area contributed by atoms with E-state index in [1.165, 1.54) is 13.2 Å². The van der Waals surface area contributed by atoms with E-state index >= 15 is 0 Å². The summed E-state index contributed by atoms with van der Waals surface area (Å²) in [5.74, 6) is -1.000. The molecule has 0 bridgehead atoms. The van der Waals surface area contributed by atoms with E-state index in [2.05, 4.69) is 4.74 Å². The average Bonchev–Trinajstić information content (AvgIpc) is 2.72. The molecule has 1 aliphatic carbocycles. The van der Waals surface area contributed by atoms with Crippen molar-refractivity contribution in [2.75, 3.05) is 13.7 Å². The number of ether oxygens (including phenoxy) is 1. The van der Waals surface area contributed by atoms with Gasteiger partial charge in [0.1, 0.15) is 6.04 Å². The van der Waals surface area contributed by atoms with Crippen LogP contribution >= 0.6 is 0 Å². The summed E-state index contributed by atoms with van der Waals surface area (Å²) in [6.07, 6.45) is 0.459. The Bertz CT molecular complexity index is 398. The van der Waals surface area contributed by atoms with E-state index in [4.69, 9.17) is 5.11 Å². The molecule has 16 heavy (non-hydrogen) atoms. The average molecular weight is 225 g/mol. The summed E-state index contributed by atoms with van der Waals surface area (Å²) in [4.78, 5) is 34.7. The molecule has 6 nitrogen and oxygen atoms in total. The zero-order valence-electron chi connectivity index (χ0n) is 8.67. The van der Waals surface area contributed by atoms with Gasteiger partial charge in [-0.25, -0.2) is 9.59 Å². The van der Waals surface area contributed by atoms with Gasteiger partial charge in [-0.05, 0) is 11.6 Å². The van der Waals surface area contributed by atoms with Crippen LogP contribution in [0.2, 0.25) is 0 Å². The molecular weight excluding hydrogens is 214 g/mol. The van der Waals surface area contributed by atoms with E-state index in [-0.39, 0.29) is 24.7 Å². The molecule has 1 heterocycles. The van der Waals surface area contributed by atoms with Crippen molar-refractivity contribution in [3.63, 3.8) is 0 Å². The molecule has 0 aromatic rings. The number of carbonyl (C=O) groups is 3. The minimum absolute atomic E-state index is 0.0565. The van der Waals surface area contributed by atoms with E-state index in [0.717, 1.165) is 4.90 Å². The Labute approximate surface area is 91.5 Å². The summed E-state index contributed by atoms with van der Waals surface area (Å²) in [5, 5.41) is 8.96. The van der Waals surface area contributed by atoms with Crippen LogP contribution in [-0.4, -0.2) is 47.5 Å². The van der Waals surface area contributed by atoms with E-state index in [9.17, 15) is 14.4 Å². The number of carbonyl (C=O) groups excluding carboxylic acids is 2. The normalized spacial score (nSPS) is 27.7. The molecule has 0 saturated carbocycles. The Morgan fingerprint density at radius 1 is 1.56 bits per heavy atom.